The van der Waals surface area contributed by atoms with E-state index in [1.165, 1.54) is 34.6 Å². The number of hydrogen-bond acceptors (Lipinski definition) is 4. The maximum atomic E-state index is 12.2. The Balaban J connectivity index is 1.57. The first-order valence-corrected chi connectivity index (χ1v) is 9.53. The van der Waals surface area contributed by atoms with Gasteiger partial charge in [-0.3, -0.25) is 4.79 Å². The van der Waals surface area contributed by atoms with Crippen LogP contribution in [0.3, 0.4) is 0 Å². The van der Waals surface area contributed by atoms with Gasteiger partial charge in [-0.05, 0) is 54.9 Å². The lowest BCUT2D eigenvalue weighted by molar-refractivity contribution is -0.119. The summed E-state index contributed by atoms with van der Waals surface area (Å²) >= 11 is 1.50. The fourth-order valence-electron chi connectivity index (χ4n) is 3.09. The molecule has 0 atom stereocenters. The fraction of sp³-hybridized carbons (Fsp3) is 0.400. The molecule has 0 saturated heterocycles. The molecule has 0 unspecified atom stereocenters. The molecule has 0 spiro atoms. The number of benzene rings is 1. The van der Waals surface area contributed by atoms with E-state index in [0.29, 0.717) is 10.8 Å². The molecule has 1 aliphatic carbocycles. The number of rotatable bonds is 5. The minimum atomic E-state index is -0.410. The molecule has 1 heterocycles. The topological polar surface area (TPSA) is 55.4 Å². The second-order valence-corrected chi connectivity index (χ2v) is 7.77. The SMILES string of the molecule is CC(C)c1ccccc1NC(=O)COC(=O)c1cc2c(s1)CCCC2. The van der Waals surface area contributed by atoms with Crippen LogP contribution in [-0.2, 0) is 22.4 Å². The molecule has 1 aromatic carbocycles. The minimum absolute atomic E-state index is 0.270. The zero-order valence-electron chi connectivity index (χ0n) is 14.6. The van der Waals surface area contributed by atoms with Crippen molar-refractivity contribution in [3.8, 4) is 0 Å². The molecule has 1 aromatic heterocycles. The van der Waals surface area contributed by atoms with E-state index in [1.54, 1.807) is 0 Å². The summed E-state index contributed by atoms with van der Waals surface area (Å²) in [5, 5.41) is 2.83. The van der Waals surface area contributed by atoms with E-state index in [4.69, 9.17) is 4.74 Å². The molecule has 5 heteroatoms. The highest BCUT2D eigenvalue weighted by Crippen LogP contribution is 2.30. The molecule has 0 bridgehead atoms. The van der Waals surface area contributed by atoms with Crippen molar-refractivity contribution in [2.24, 2.45) is 0 Å². The minimum Gasteiger partial charge on any atom is -0.451 e. The number of nitrogens with one attached hydrogen (secondary N) is 1. The van der Waals surface area contributed by atoms with Gasteiger partial charge in [0.25, 0.3) is 5.91 Å². The molecule has 1 aliphatic rings. The Bertz CT molecular complexity index is 755. The number of fused-ring (bicyclic) bond motifs is 1. The first-order chi connectivity index (χ1) is 12.0. The quantitative estimate of drug-likeness (QED) is 0.799. The molecule has 0 saturated carbocycles. The summed E-state index contributed by atoms with van der Waals surface area (Å²) in [4.78, 5) is 26.2. The van der Waals surface area contributed by atoms with Gasteiger partial charge in [0.1, 0.15) is 4.88 Å². The summed E-state index contributed by atoms with van der Waals surface area (Å²) in [5.74, 6) is -0.425. The van der Waals surface area contributed by atoms with Gasteiger partial charge in [-0.25, -0.2) is 4.79 Å². The lowest BCUT2D eigenvalue weighted by Crippen LogP contribution is -2.21. The van der Waals surface area contributed by atoms with Gasteiger partial charge < -0.3 is 10.1 Å². The summed E-state index contributed by atoms with van der Waals surface area (Å²) < 4.78 is 5.20. The number of anilines is 1. The predicted molar refractivity (Wildman–Crippen MR) is 100 cm³/mol. The van der Waals surface area contributed by atoms with Crippen LogP contribution in [0.15, 0.2) is 30.3 Å². The largest absolute Gasteiger partial charge is 0.451 e. The maximum absolute atomic E-state index is 12.2. The number of para-hydroxylation sites is 1. The van der Waals surface area contributed by atoms with Crippen molar-refractivity contribution in [1.29, 1.82) is 0 Å². The molecule has 3 rings (SSSR count). The van der Waals surface area contributed by atoms with E-state index in [1.807, 2.05) is 30.3 Å². The van der Waals surface area contributed by atoms with Crippen molar-refractivity contribution < 1.29 is 14.3 Å². The molecule has 132 valence electrons. The second kappa shape index (κ2) is 7.83. The Morgan fingerprint density at radius 2 is 1.96 bits per heavy atom. The van der Waals surface area contributed by atoms with Gasteiger partial charge in [0.15, 0.2) is 6.61 Å². The van der Waals surface area contributed by atoms with Gasteiger partial charge in [0, 0.05) is 10.6 Å². The number of carbonyl (C=O) groups excluding carboxylic acids is 2. The van der Waals surface area contributed by atoms with Crippen LogP contribution in [0.25, 0.3) is 0 Å². The molecule has 2 aromatic rings. The Kier molecular flexibility index (Phi) is 5.53. The standard InChI is InChI=1S/C20H23NO3S/c1-13(2)15-8-4-5-9-16(15)21-19(22)12-24-20(23)18-11-14-7-3-6-10-17(14)25-18/h4-5,8-9,11,13H,3,6-7,10,12H2,1-2H3,(H,21,22). The molecular formula is C20H23NO3S. The normalized spacial score (nSPS) is 13.4. The molecule has 25 heavy (non-hydrogen) atoms. The van der Waals surface area contributed by atoms with E-state index in [0.717, 1.165) is 24.1 Å². The van der Waals surface area contributed by atoms with E-state index in [2.05, 4.69) is 19.2 Å². The molecule has 4 nitrogen and oxygen atoms in total. The van der Waals surface area contributed by atoms with Gasteiger partial charge in [0.2, 0.25) is 0 Å². The fourth-order valence-corrected chi connectivity index (χ4v) is 4.24. The number of ether oxygens (including phenoxy) is 1. The summed E-state index contributed by atoms with van der Waals surface area (Å²) in [5.41, 5.74) is 3.09. The molecule has 0 aliphatic heterocycles. The van der Waals surface area contributed by atoms with Crippen molar-refractivity contribution in [2.75, 3.05) is 11.9 Å². The Morgan fingerprint density at radius 3 is 2.72 bits per heavy atom. The molecule has 1 amide bonds. The monoisotopic (exact) mass is 357 g/mol. The first-order valence-electron chi connectivity index (χ1n) is 8.72. The Morgan fingerprint density at radius 1 is 1.20 bits per heavy atom. The summed E-state index contributed by atoms with van der Waals surface area (Å²) in [6, 6.07) is 9.60. The highest BCUT2D eigenvalue weighted by atomic mass is 32.1. The average Bonchev–Trinajstić information content (AvgIpc) is 3.04. The van der Waals surface area contributed by atoms with E-state index in [-0.39, 0.29) is 12.5 Å². The Hall–Kier alpha value is -2.14. The second-order valence-electron chi connectivity index (χ2n) is 6.63. The molecule has 0 fully saturated rings. The van der Waals surface area contributed by atoms with Crippen molar-refractivity contribution in [3.05, 3.63) is 51.2 Å². The molecular weight excluding hydrogens is 334 g/mol. The van der Waals surface area contributed by atoms with E-state index in [9.17, 15) is 9.59 Å². The van der Waals surface area contributed by atoms with Crippen LogP contribution < -0.4 is 5.32 Å². The van der Waals surface area contributed by atoms with Gasteiger partial charge >= 0.3 is 5.97 Å². The van der Waals surface area contributed by atoms with Gasteiger partial charge in [-0.15, -0.1) is 11.3 Å². The number of esters is 1. The third-order valence-corrected chi connectivity index (χ3v) is 5.61. The number of amides is 1. The van der Waals surface area contributed by atoms with Gasteiger partial charge in [-0.1, -0.05) is 32.0 Å². The van der Waals surface area contributed by atoms with Crippen LogP contribution >= 0.6 is 11.3 Å². The van der Waals surface area contributed by atoms with Crippen LogP contribution in [0, 0.1) is 0 Å². The summed E-state index contributed by atoms with van der Waals surface area (Å²) in [6.07, 6.45) is 4.43. The van der Waals surface area contributed by atoms with Crippen LogP contribution in [0.1, 0.15) is 58.3 Å². The Labute approximate surface area is 152 Å². The highest BCUT2D eigenvalue weighted by Gasteiger charge is 2.19. The van der Waals surface area contributed by atoms with E-state index >= 15 is 0 Å². The summed E-state index contributed by atoms with van der Waals surface area (Å²) in [6.45, 7) is 3.88. The van der Waals surface area contributed by atoms with Crippen LogP contribution in [0.2, 0.25) is 0 Å². The van der Waals surface area contributed by atoms with Crippen molar-refractivity contribution >= 4 is 28.9 Å². The lowest BCUT2D eigenvalue weighted by atomic mass is 9.99. The van der Waals surface area contributed by atoms with Crippen molar-refractivity contribution in [2.45, 2.75) is 45.4 Å². The number of carbonyl (C=O) groups is 2. The first kappa shape index (κ1) is 17.7. The van der Waals surface area contributed by atoms with E-state index < -0.39 is 5.97 Å². The summed E-state index contributed by atoms with van der Waals surface area (Å²) in [7, 11) is 0. The van der Waals surface area contributed by atoms with Crippen LogP contribution in [0.5, 0.6) is 0 Å². The number of hydrogen-bond donors (Lipinski definition) is 1. The van der Waals surface area contributed by atoms with Crippen LogP contribution in [-0.4, -0.2) is 18.5 Å². The molecule has 0 radical (unpaired) electrons. The zero-order chi connectivity index (χ0) is 17.8. The van der Waals surface area contributed by atoms with Gasteiger partial charge in [-0.2, -0.15) is 0 Å². The highest BCUT2D eigenvalue weighted by molar-refractivity contribution is 7.14. The smallest absolute Gasteiger partial charge is 0.348 e. The van der Waals surface area contributed by atoms with Crippen molar-refractivity contribution in [3.63, 3.8) is 0 Å². The maximum Gasteiger partial charge on any atom is 0.348 e. The van der Waals surface area contributed by atoms with Gasteiger partial charge in [0.05, 0.1) is 0 Å². The lowest BCUT2D eigenvalue weighted by Gasteiger charge is -2.13. The number of aryl methyl sites for hydroxylation is 2. The van der Waals surface area contributed by atoms with Crippen molar-refractivity contribution in [1.82, 2.24) is 0 Å². The number of thiophene rings is 1. The molecule has 1 N–H and O–H groups in total. The third kappa shape index (κ3) is 4.28. The average molecular weight is 357 g/mol. The zero-order valence-corrected chi connectivity index (χ0v) is 15.4. The van der Waals surface area contributed by atoms with Crippen LogP contribution in [0.4, 0.5) is 5.69 Å². The predicted octanol–water partition coefficient (Wildman–Crippen LogP) is 4.55. The third-order valence-electron chi connectivity index (χ3n) is 4.39.